The van der Waals surface area contributed by atoms with Crippen LogP contribution >= 0.6 is 0 Å². The third-order valence-corrected chi connectivity index (χ3v) is 4.21. The standard InChI is InChI=1S/C14H24N2O/c1-5-14(6-2,10-15)13(17)16-9-11(3)7-8-12(16)4/h11-12H,5-9H2,1-4H3. The minimum atomic E-state index is -0.800. The third kappa shape index (κ3) is 2.62. The van der Waals surface area contributed by atoms with E-state index in [-0.39, 0.29) is 11.9 Å². The first-order valence-electron chi connectivity index (χ1n) is 6.73. The van der Waals surface area contributed by atoms with Crippen molar-refractivity contribution < 1.29 is 4.79 Å². The Labute approximate surface area is 105 Å². The highest BCUT2D eigenvalue weighted by atomic mass is 16.2. The summed E-state index contributed by atoms with van der Waals surface area (Å²) in [4.78, 5) is 14.5. The van der Waals surface area contributed by atoms with Crippen LogP contribution in [0, 0.1) is 22.7 Å². The molecule has 0 aromatic heterocycles. The maximum Gasteiger partial charge on any atom is 0.243 e. The van der Waals surface area contributed by atoms with Crippen molar-refractivity contribution in [3.8, 4) is 6.07 Å². The first-order valence-corrected chi connectivity index (χ1v) is 6.73. The highest BCUT2D eigenvalue weighted by molar-refractivity contribution is 5.85. The van der Waals surface area contributed by atoms with Crippen molar-refractivity contribution in [2.75, 3.05) is 6.54 Å². The smallest absolute Gasteiger partial charge is 0.243 e. The maximum absolute atomic E-state index is 12.6. The van der Waals surface area contributed by atoms with E-state index in [1.165, 1.54) is 6.42 Å². The first kappa shape index (κ1) is 14.0. The maximum atomic E-state index is 12.6. The second kappa shape index (κ2) is 5.53. The van der Waals surface area contributed by atoms with E-state index >= 15 is 0 Å². The Kier molecular flexibility index (Phi) is 4.56. The molecule has 0 spiro atoms. The van der Waals surface area contributed by atoms with Crippen LogP contribution in [0.15, 0.2) is 0 Å². The van der Waals surface area contributed by atoms with Gasteiger partial charge in [-0.1, -0.05) is 20.8 Å². The van der Waals surface area contributed by atoms with Crippen LogP contribution in [0.1, 0.15) is 53.4 Å². The molecule has 0 N–H and O–H groups in total. The van der Waals surface area contributed by atoms with E-state index in [4.69, 9.17) is 0 Å². The fourth-order valence-electron chi connectivity index (χ4n) is 2.60. The Bertz CT molecular complexity index is 315. The first-order chi connectivity index (χ1) is 8.00. The zero-order valence-electron chi connectivity index (χ0n) is 11.5. The summed E-state index contributed by atoms with van der Waals surface area (Å²) < 4.78 is 0. The van der Waals surface area contributed by atoms with E-state index in [2.05, 4.69) is 19.9 Å². The van der Waals surface area contributed by atoms with Gasteiger partial charge in [0.1, 0.15) is 5.41 Å². The highest BCUT2D eigenvalue weighted by Crippen LogP contribution is 2.32. The molecule has 0 aromatic carbocycles. The molecule has 1 fully saturated rings. The van der Waals surface area contributed by atoms with E-state index in [1.54, 1.807) is 0 Å². The van der Waals surface area contributed by atoms with Crippen molar-refractivity contribution in [2.24, 2.45) is 11.3 Å². The minimum absolute atomic E-state index is 0.0454. The monoisotopic (exact) mass is 236 g/mol. The van der Waals surface area contributed by atoms with Gasteiger partial charge in [0.15, 0.2) is 0 Å². The summed E-state index contributed by atoms with van der Waals surface area (Å²) in [5.74, 6) is 0.601. The topological polar surface area (TPSA) is 44.1 Å². The van der Waals surface area contributed by atoms with Crippen molar-refractivity contribution in [3.63, 3.8) is 0 Å². The number of nitriles is 1. The van der Waals surface area contributed by atoms with Gasteiger partial charge >= 0.3 is 0 Å². The predicted molar refractivity (Wildman–Crippen MR) is 68.2 cm³/mol. The van der Waals surface area contributed by atoms with E-state index in [0.717, 1.165) is 13.0 Å². The largest absolute Gasteiger partial charge is 0.338 e. The van der Waals surface area contributed by atoms with Gasteiger partial charge in [-0.2, -0.15) is 5.26 Å². The summed E-state index contributed by atoms with van der Waals surface area (Å²) in [6.07, 6.45) is 3.46. The molecular formula is C14H24N2O. The Balaban J connectivity index is 2.90. The van der Waals surface area contributed by atoms with Crippen LogP contribution in [-0.2, 0) is 4.79 Å². The zero-order valence-corrected chi connectivity index (χ0v) is 11.5. The fourth-order valence-corrected chi connectivity index (χ4v) is 2.60. The lowest BCUT2D eigenvalue weighted by Gasteiger charge is -2.40. The van der Waals surface area contributed by atoms with E-state index in [9.17, 15) is 10.1 Å². The van der Waals surface area contributed by atoms with Crippen molar-refractivity contribution in [3.05, 3.63) is 0 Å². The number of hydrogen-bond acceptors (Lipinski definition) is 2. The SMILES string of the molecule is CCC(C#N)(CC)C(=O)N1CC(C)CCC1C. The van der Waals surface area contributed by atoms with Gasteiger partial charge in [-0.25, -0.2) is 0 Å². The Hall–Kier alpha value is -1.04. The summed E-state index contributed by atoms with van der Waals surface area (Å²) in [6, 6.07) is 2.54. The second-order valence-corrected chi connectivity index (χ2v) is 5.39. The summed E-state index contributed by atoms with van der Waals surface area (Å²) in [5.41, 5.74) is -0.800. The molecule has 3 nitrogen and oxygen atoms in total. The molecule has 1 heterocycles. The summed E-state index contributed by atoms with van der Waals surface area (Å²) in [6.45, 7) is 8.95. The Morgan fingerprint density at radius 2 is 1.94 bits per heavy atom. The van der Waals surface area contributed by atoms with Gasteiger partial charge in [-0.15, -0.1) is 0 Å². The van der Waals surface area contributed by atoms with Gasteiger partial charge in [0.25, 0.3) is 0 Å². The molecule has 1 aliphatic heterocycles. The molecule has 1 aliphatic rings. The molecule has 0 bridgehead atoms. The quantitative estimate of drug-likeness (QED) is 0.756. The fraction of sp³-hybridized carbons (Fsp3) is 0.857. The highest BCUT2D eigenvalue weighted by Gasteiger charge is 2.41. The Morgan fingerprint density at radius 3 is 2.41 bits per heavy atom. The van der Waals surface area contributed by atoms with Crippen molar-refractivity contribution in [2.45, 2.75) is 59.4 Å². The average molecular weight is 236 g/mol. The van der Waals surface area contributed by atoms with Crippen LogP contribution in [0.5, 0.6) is 0 Å². The molecule has 1 saturated heterocycles. The van der Waals surface area contributed by atoms with Gasteiger partial charge in [-0.05, 0) is 38.5 Å². The predicted octanol–water partition coefficient (Wildman–Crippen LogP) is 2.96. The van der Waals surface area contributed by atoms with E-state index in [0.29, 0.717) is 18.8 Å². The molecule has 0 aliphatic carbocycles. The number of likely N-dealkylation sites (tertiary alicyclic amines) is 1. The number of rotatable bonds is 3. The van der Waals surface area contributed by atoms with Crippen molar-refractivity contribution in [1.82, 2.24) is 4.90 Å². The summed E-state index contributed by atoms with van der Waals surface area (Å²) >= 11 is 0. The second-order valence-electron chi connectivity index (χ2n) is 5.39. The number of hydrogen-bond donors (Lipinski definition) is 0. The molecule has 0 saturated carbocycles. The van der Waals surface area contributed by atoms with Gasteiger partial charge in [0.05, 0.1) is 6.07 Å². The molecular weight excluding hydrogens is 212 g/mol. The van der Waals surface area contributed by atoms with Gasteiger partial charge < -0.3 is 4.90 Å². The molecule has 1 rings (SSSR count). The minimum Gasteiger partial charge on any atom is -0.338 e. The number of carbonyl (C=O) groups excluding carboxylic acids is 1. The normalized spacial score (nSPS) is 25.5. The summed E-state index contributed by atoms with van der Waals surface area (Å²) in [5, 5.41) is 9.33. The molecule has 96 valence electrons. The van der Waals surface area contributed by atoms with E-state index in [1.807, 2.05) is 18.7 Å². The zero-order chi connectivity index (χ0) is 13.1. The van der Waals surface area contributed by atoms with Crippen LogP contribution in [0.3, 0.4) is 0 Å². The summed E-state index contributed by atoms with van der Waals surface area (Å²) in [7, 11) is 0. The van der Waals surface area contributed by atoms with Gasteiger partial charge in [-0.3, -0.25) is 4.79 Å². The molecule has 1 amide bonds. The molecule has 2 atom stereocenters. The molecule has 2 unspecified atom stereocenters. The van der Waals surface area contributed by atoms with Crippen LogP contribution in [0.2, 0.25) is 0 Å². The van der Waals surface area contributed by atoms with Gasteiger partial charge in [0.2, 0.25) is 5.91 Å². The number of nitrogens with zero attached hydrogens (tertiary/aromatic N) is 2. The number of amides is 1. The lowest BCUT2D eigenvalue weighted by Crippen LogP contribution is -2.51. The van der Waals surface area contributed by atoms with Crippen LogP contribution < -0.4 is 0 Å². The van der Waals surface area contributed by atoms with Crippen molar-refractivity contribution >= 4 is 5.91 Å². The molecule has 0 radical (unpaired) electrons. The Morgan fingerprint density at radius 1 is 1.35 bits per heavy atom. The third-order valence-electron chi connectivity index (χ3n) is 4.21. The van der Waals surface area contributed by atoms with Crippen molar-refractivity contribution in [1.29, 1.82) is 5.26 Å². The van der Waals surface area contributed by atoms with Crippen LogP contribution in [-0.4, -0.2) is 23.4 Å². The van der Waals surface area contributed by atoms with E-state index < -0.39 is 5.41 Å². The molecule has 0 aromatic rings. The lowest BCUT2D eigenvalue weighted by atomic mass is 9.81. The number of carbonyl (C=O) groups is 1. The van der Waals surface area contributed by atoms with Gasteiger partial charge in [0, 0.05) is 12.6 Å². The number of piperidine rings is 1. The average Bonchev–Trinajstić information content (AvgIpc) is 2.35. The lowest BCUT2D eigenvalue weighted by molar-refractivity contribution is -0.143. The molecule has 17 heavy (non-hydrogen) atoms. The van der Waals surface area contributed by atoms with Crippen LogP contribution in [0.25, 0.3) is 0 Å². The molecule has 3 heteroatoms. The van der Waals surface area contributed by atoms with Crippen LogP contribution in [0.4, 0.5) is 0 Å².